The highest BCUT2D eigenvalue weighted by Crippen LogP contribution is 2.47. The van der Waals surface area contributed by atoms with Crippen molar-refractivity contribution in [2.45, 2.75) is 13.0 Å². The Bertz CT molecular complexity index is 1420. The number of nitrogens with zero attached hydrogens (tertiary/aromatic N) is 4. The van der Waals surface area contributed by atoms with Crippen molar-refractivity contribution in [2.24, 2.45) is 4.99 Å². The van der Waals surface area contributed by atoms with Crippen LogP contribution in [0.5, 0.6) is 0 Å². The van der Waals surface area contributed by atoms with E-state index < -0.39 is 0 Å². The summed E-state index contributed by atoms with van der Waals surface area (Å²) in [6.45, 7) is 2.06. The number of para-hydroxylation sites is 1. The molecule has 6 rings (SSSR count). The van der Waals surface area contributed by atoms with Crippen molar-refractivity contribution in [1.82, 2.24) is 9.78 Å². The molecule has 32 heavy (non-hydrogen) atoms. The number of anilines is 1. The molecule has 0 saturated heterocycles. The molecule has 1 atom stereocenters. The molecule has 0 spiro atoms. The first-order chi connectivity index (χ1) is 15.6. The van der Waals surface area contributed by atoms with Crippen LogP contribution in [-0.2, 0) is 0 Å². The Morgan fingerprint density at radius 2 is 1.66 bits per heavy atom. The Hall–Kier alpha value is -3.15. The molecule has 4 nitrogen and oxygen atoms in total. The SMILES string of the molecule is Cc1nn(-c2ccc(Cl)cc2)c2c1[C@H](c1ccccc1Br)N1C(=N2)C=Cc2ccccc21. The Kier molecular flexibility index (Phi) is 4.56. The smallest absolute Gasteiger partial charge is 0.163 e. The minimum atomic E-state index is -0.0692. The Morgan fingerprint density at radius 3 is 2.47 bits per heavy atom. The molecule has 3 heterocycles. The fraction of sp³-hybridized carbons (Fsp3) is 0.0769. The molecule has 4 aromatic rings. The predicted octanol–water partition coefficient (Wildman–Crippen LogP) is 7.26. The molecular formula is C26H18BrClN4. The van der Waals surface area contributed by atoms with Gasteiger partial charge in [0.05, 0.1) is 23.1 Å². The van der Waals surface area contributed by atoms with E-state index in [0.717, 1.165) is 38.8 Å². The number of aliphatic imine (C=N–C) groups is 1. The van der Waals surface area contributed by atoms with E-state index in [2.05, 4.69) is 82.4 Å². The van der Waals surface area contributed by atoms with Crippen LogP contribution in [0.3, 0.4) is 0 Å². The molecular weight excluding hydrogens is 484 g/mol. The lowest BCUT2D eigenvalue weighted by atomic mass is 9.92. The van der Waals surface area contributed by atoms with Crippen molar-refractivity contribution >= 4 is 50.9 Å². The van der Waals surface area contributed by atoms with Crippen LogP contribution in [0.25, 0.3) is 11.8 Å². The fourth-order valence-electron chi connectivity index (χ4n) is 4.52. The van der Waals surface area contributed by atoms with Crippen molar-refractivity contribution in [3.05, 3.63) is 111 Å². The summed E-state index contributed by atoms with van der Waals surface area (Å²) in [6, 6.07) is 24.5. The average molecular weight is 502 g/mol. The number of hydrogen-bond acceptors (Lipinski definition) is 3. The summed E-state index contributed by atoms with van der Waals surface area (Å²) in [5.41, 5.74) is 6.47. The third kappa shape index (κ3) is 2.96. The standard InChI is InChI=1S/C26H18BrClN4/c1-16-24-25(20-7-3-4-8-21(20)27)31-22-9-5-2-6-17(22)10-15-23(31)29-26(24)32(30-16)19-13-11-18(28)12-14-19/h2-15,25H,1H3/t25-/m0/s1. The van der Waals surface area contributed by atoms with Crippen LogP contribution in [-0.4, -0.2) is 15.6 Å². The lowest BCUT2D eigenvalue weighted by Gasteiger charge is -2.39. The monoisotopic (exact) mass is 500 g/mol. The number of halogens is 2. The van der Waals surface area contributed by atoms with Gasteiger partial charge in [0, 0.05) is 15.1 Å². The van der Waals surface area contributed by atoms with Gasteiger partial charge in [-0.1, -0.05) is 63.9 Å². The molecule has 0 fully saturated rings. The van der Waals surface area contributed by atoms with E-state index in [9.17, 15) is 0 Å². The minimum Gasteiger partial charge on any atom is -0.314 e. The molecule has 156 valence electrons. The third-order valence-electron chi connectivity index (χ3n) is 5.96. The molecule has 0 amide bonds. The van der Waals surface area contributed by atoms with Crippen molar-refractivity contribution in [2.75, 3.05) is 4.90 Å². The summed E-state index contributed by atoms with van der Waals surface area (Å²) in [4.78, 5) is 7.42. The van der Waals surface area contributed by atoms with E-state index in [1.165, 1.54) is 11.1 Å². The van der Waals surface area contributed by atoms with Crippen molar-refractivity contribution in [3.63, 3.8) is 0 Å². The van der Waals surface area contributed by atoms with Crippen LogP contribution in [0, 0.1) is 6.92 Å². The zero-order chi connectivity index (χ0) is 21.8. The number of fused-ring (bicyclic) bond motifs is 4. The van der Waals surface area contributed by atoms with E-state index in [-0.39, 0.29) is 6.04 Å². The second-order valence-corrected chi connectivity index (χ2v) is 9.16. The number of aromatic nitrogens is 2. The Labute approximate surface area is 199 Å². The van der Waals surface area contributed by atoms with Gasteiger partial charge >= 0.3 is 0 Å². The number of hydrogen-bond donors (Lipinski definition) is 0. The minimum absolute atomic E-state index is 0.0692. The van der Waals surface area contributed by atoms with Gasteiger partial charge in [-0.05, 0) is 66.6 Å². The molecule has 0 radical (unpaired) electrons. The molecule has 6 heteroatoms. The first kappa shape index (κ1) is 19.5. The number of amidine groups is 1. The lowest BCUT2D eigenvalue weighted by molar-refractivity contribution is 0.810. The average Bonchev–Trinajstić information content (AvgIpc) is 3.14. The van der Waals surface area contributed by atoms with Crippen LogP contribution in [0.2, 0.25) is 5.02 Å². The van der Waals surface area contributed by atoms with Crippen LogP contribution in [0.4, 0.5) is 11.5 Å². The normalized spacial score (nSPS) is 16.3. The maximum atomic E-state index is 6.13. The first-order valence-electron chi connectivity index (χ1n) is 10.4. The van der Waals surface area contributed by atoms with Gasteiger partial charge < -0.3 is 4.90 Å². The Morgan fingerprint density at radius 1 is 0.906 bits per heavy atom. The summed E-state index contributed by atoms with van der Waals surface area (Å²) in [6.07, 6.45) is 4.21. The van der Waals surface area contributed by atoms with E-state index in [0.29, 0.717) is 5.02 Å². The quantitative estimate of drug-likeness (QED) is 0.289. The summed E-state index contributed by atoms with van der Waals surface area (Å²) in [5.74, 6) is 1.74. The van der Waals surface area contributed by atoms with Gasteiger partial charge in [0.1, 0.15) is 5.84 Å². The van der Waals surface area contributed by atoms with Crippen LogP contribution >= 0.6 is 27.5 Å². The molecule has 0 bridgehead atoms. The zero-order valence-electron chi connectivity index (χ0n) is 17.2. The highest BCUT2D eigenvalue weighted by atomic mass is 79.9. The van der Waals surface area contributed by atoms with Crippen LogP contribution in [0.1, 0.15) is 28.4 Å². The maximum absolute atomic E-state index is 6.13. The van der Waals surface area contributed by atoms with Crippen LogP contribution < -0.4 is 4.90 Å². The highest BCUT2D eigenvalue weighted by molar-refractivity contribution is 9.10. The third-order valence-corrected chi connectivity index (χ3v) is 6.93. The van der Waals surface area contributed by atoms with Gasteiger partial charge in [0.2, 0.25) is 0 Å². The molecule has 2 aliphatic heterocycles. The lowest BCUT2D eigenvalue weighted by Crippen LogP contribution is -2.39. The number of aryl methyl sites for hydroxylation is 1. The fourth-order valence-corrected chi connectivity index (χ4v) is 5.15. The molecule has 3 aromatic carbocycles. The molecule has 0 unspecified atom stereocenters. The van der Waals surface area contributed by atoms with Gasteiger partial charge in [-0.25, -0.2) is 9.67 Å². The topological polar surface area (TPSA) is 33.4 Å². The number of rotatable bonds is 2. The molecule has 1 aromatic heterocycles. The first-order valence-corrected chi connectivity index (χ1v) is 11.5. The predicted molar refractivity (Wildman–Crippen MR) is 134 cm³/mol. The second kappa shape index (κ2) is 7.47. The maximum Gasteiger partial charge on any atom is 0.163 e. The zero-order valence-corrected chi connectivity index (χ0v) is 19.5. The second-order valence-electron chi connectivity index (χ2n) is 7.87. The molecule has 0 saturated carbocycles. The van der Waals surface area contributed by atoms with Gasteiger partial charge in [-0.15, -0.1) is 0 Å². The molecule has 0 N–H and O–H groups in total. The van der Waals surface area contributed by atoms with Gasteiger partial charge in [0.25, 0.3) is 0 Å². The van der Waals surface area contributed by atoms with E-state index in [4.69, 9.17) is 21.7 Å². The van der Waals surface area contributed by atoms with Crippen molar-refractivity contribution in [1.29, 1.82) is 0 Å². The van der Waals surface area contributed by atoms with Crippen LogP contribution in [0.15, 0.2) is 88.3 Å². The van der Waals surface area contributed by atoms with Crippen molar-refractivity contribution in [3.8, 4) is 5.69 Å². The van der Waals surface area contributed by atoms with E-state index in [1.807, 2.05) is 35.0 Å². The largest absolute Gasteiger partial charge is 0.314 e. The van der Waals surface area contributed by atoms with Gasteiger partial charge in [0.15, 0.2) is 5.82 Å². The van der Waals surface area contributed by atoms with Crippen molar-refractivity contribution < 1.29 is 0 Å². The van der Waals surface area contributed by atoms with Gasteiger partial charge in [-0.2, -0.15) is 5.10 Å². The molecule has 0 aliphatic carbocycles. The summed E-state index contributed by atoms with van der Waals surface area (Å²) < 4.78 is 2.98. The summed E-state index contributed by atoms with van der Waals surface area (Å²) >= 11 is 9.93. The van der Waals surface area contributed by atoms with E-state index >= 15 is 0 Å². The molecule has 2 aliphatic rings. The summed E-state index contributed by atoms with van der Waals surface area (Å²) in [5, 5.41) is 5.61. The number of benzene rings is 3. The van der Waals surface area contributed by atoms with E-state index in [1.54, 1.807) is 0 Å². The van der Waals surface area contributed by atoms with Gasteiger partial charge in [-0.3, -0.25) is 0 Å². The summed E-state index contributed by atoms with van der Waals surface area (Å²) in [7, 11) is 0. The highest BCUT2D eigenvalue weighted by Gasteiger charge is 2.38. The Balaban J connectivity index is 1.65.